The van der Waals surface area contributed by atoms with E-state index in [2.05, 4.69) is 32.8 Å². The number of carbonyl (C=O) groups is 5. The fraction of sp³-hybridized carbons (Fsp3) is 0.308. The zero-order valence-electron chi connectivity index (χ0n) is 28.7. The molecule has 11 nitrogen and oxygen atoms in total. The first-order valence-corrected chi connectivity index (χ1v) is 16.9. The Morgan fingerprint density at radius 1 is 0.820 bits per heavy atom. The summed E-state index contributed by atoms with van der Waals surface area (Å²) in [5.74, 6) is -2.39. The maximum absolute atomic E-state index is 13.9. The molecule has 1 aromatic heterocycles. The number of fused-ring (bicyclic) bond motifs is 1. The van der Waals surface area contributed by atoms with Gasteiger partial charge in [-0.2, -0.15) is 0 Å². The topological polar surface area (TPSA) is 152 Å². The molecular weight excluding hydrogens is 632 g/mol. The number of H-pyrrole nitrogens is 1. The Balaban J connectivity index is 1.48. The molecule has 4 aromatic rings. The van der Waals surface area contributed by atoms with E-state index in [9.17, 15) is 24.0 Å². The summed E-state index contributed by atoms with van der Waals surface area (Å²) < 4.78 is 0. The predicted octanol–water partition coefficient (Wildman–Crippen LogP) is 3.48. The van der Waals surface area contributed by atoms with Gasteiger partial charge in [-0.1, -0.05) is 98.3 Å². The second kappa shape index (κ2) is 18.7. The van der Waals surface area contributed by atoms with E-state index in [4.69, 9.17) is 0 Å². The van der Waals surface area contributed by atoms with E-state index in [0.29, 0.717) is 13.0 Å². The summed E-state index contributed by atoms with van der Waals surface area (Å²) in [6.07, 6.45) is 4.65. The molecule has 4 rings (SSSR count). The zero-order chi connectivity index (χ0) is 35.9. The Hall–Kier alpha value is -5.71. The average molecular weight is 679 g/mol. The number of aromatic nitrogens is 1. The molecule has 0 aliphatic heterocycles. The molecule has 5 N–H and O–H groups in total. The molecule has 0 radical (unpaired) electrons. The molecule has 0 bridgehead atoms. The number of benzene rings is 3. The Morgan fingerprint density at radius 3 is 2.26 bits per heavy atom. The van der Waals surface area contributed by atoms with Crippen LogP contribution in [0.1, 0.15) is 42.0 Å². The molecule has 262 valence electrons. The van der Waals surface area contributed by atoms with E-state index in [1.54, 1.807) is 6.20 Å². The van der Waals surface area contributed by atoms with Crippen LogP contribution in [-0.2, 0) is 43.4 Å². The third-order valence-corrected chi connectivity index (χ3v) is 8.29. The Kier molecular flexibility index (Phi) is 13.9. The highest BCUT2D eigenvalue weighted by atomic mass is 16.2. The summed E-state index contributed by atoms with van der Waals surface area (Å²) >= 11 is 0. The van der Waals surface area contributed by atoms with Crippen LogP contribution in [0.2, 0.25) is 0 Å². The summed E-state index contributed by atoms with van der Waals surface area (Å²) in [5.41, 5.74) is 4.56. The van der Waals surface area contributed by atoms with Crippen molar-refractivity contribution < 1.29 is 24.0 Å². The number of amides is 5. The highest BCUT2D eigenvalue weighted by molar-refractivity contribution is 5.95. The lowest BCUT2D eigenvalue weighted by Gasteiger charge is -2.28. The zero-order valence-corrected chi connectivity index (χ0v) is 28.7. The SMILES string of the molecule is C=CC(=O)N[C@@H](Cc1ccccc1)C(=O)N(CCCC)CC(=O)N[C@@H](Cc1c[nH]c2ccccc12)C(=O)NCC(=O)NCc1ccc(C)cc1. The number of carbonyl (C=O) groups excluding carboxylic acids is 5. The Bertz CT molecular complexity index is 1770. The summed E-state index contributed by atoms with van der Waals surface area (Å²) in [6, 6.07) is 22.7. The van der Waals surface area contributed by atoms with Gasteiger partial charge in [0, 0.05) is 43.0 Å². The van der Waals surface area contributed by atoms with Gasteiger partial charge in [0.05, 0.1) is 13.1 Å². The number of aryl methyl sites for hydroxylation is 1. The quantitative estimate of drug-likeness (QED) is 0.102. The van der Waals surface area contributed by atoms with Crippen molar-refractivity contribution in [2.45, 2.75) is 58.2 Å². The lowest BCUT2D eigenvalue weighted by Crippen LogP contribution is -2.55. The number of para-hydroxylation sites is 1. The van der Waals surface area contributed by atoms with Gasteiger partial charge >= 0.3 is 0 Å². The average Bonchev–Trinajstić information content (AvgIpc) is 3.54. The Morgan fingerprint density at radius 2 is 1.54 bits per heavy atom. The number of rotatable bonds is 18. The van der Waals surface area contributed by atoms with Crippen LogP contribution < -0.4 is 21.3 Å². The Labute approximate surface area is 292 Å². The molecule has 5 amide bonds. The minimum absolute atomic E-state index is 0.140. The van der Waals surface area contributed by atoms with Crippen LogP contribution in [0.15, 0.2) is 97.7 Å². The van der Waals surface area contributed by atoms with Crippen molar-refractivity contribution in [3.05, 3.63) is 120 Å². The summed E-state index contributed by atoms with van der Waals surface area (Å²) in [6.45, 7) is 7.44. The van der Waals surface area contributed by atoms with E-state index >= 15 is 0 Å². The lowest BCUT2D eigenvalue weighted by atomic mass is 10.0. The van der Waals surface area contributed by atoms with Gasteiger partial charge in [-0.3, -0.25) is 24.0 Å². The molecule has 0 spiro atoms. The minimum Gasteiger partial charge on any atom is -0.361 e. The molecule has 2 atom stereocenters. The van der Waals surface area contributed by atoms with E-state index in [1.807, 2.05) is 92.7 Å². The third kappa shape index (κ3) is 11.2. The molecule has 1 heterocycles. The number of hydrogen-bond donors (Lipinski definition) is 5. The van der Waals surface area contributed by atoms with Gasteiger partial charge < -0.3 is 31.2 Å². The van der Waals surface area contributed by atoms with Crippen molar-refractivity contribution in [1.82, 2.24) is 31.2 Å². The summed E-state index contributed by atoms with van der Waals surface area (Å²) in [7, 11) is 0. The monoisotopic (exact) mass is 678 g/mol. The molecule has 0 aliphatic rings. The van der Waals surface area contributed by atoms with Gasteiger partial charge in [0.2, 0.25) is 29.5 Å². The number of hydrogen-bond acceptors (Lipinski definition) is 5. The number of aromatic amines is 1. The van der Waals surface area contributed by atoms with Gasteiger partial charge in [0.25, 0.3) is 0 Å². The molecule has 0 saturated heterocycles. The fourth-order valence-corrected chi connectivity index (χ4v) is 5.52. The number of nitrogens with zero attached hydrogens (tertiary/aromatic N) is 1. The first kappa shape index (κ1) is 37.1. The van der Waals surface area contributed by atoms with Crippen LogP contribution in [0.5, 0.6) is 0 Å². The molecule has 0 saturated carbocycles. The van der Waals surface area contributed by atoms with E-state index in [-0.39, 0.29) is 38.4 Å². The minimum atomic E-state index is -1.05. The van der Waals surface area contributed by atoms with Gasteiger partial charge in [-0.25, -0.2) is 0 Å². The largest absolute Gasteiger partial charge is 0.361 e. The number of unbranched alkanes of at least 4 members (excludes halogenated alkanes) is 1. The molecule has 0 unspecified atom stereocenters. The van der Waals surface area contributed by atoms with E-state index in [0.717, 1.165) is 45.7 Å². The first-order valence-electron chi connectivity index (χ1n) is 16.9. The summed E-state index contributed by atoms with van der Waals surface area (Å²) in [5, 5.41) is 11.9. The summed E-state index contributed by atoms with van der Waals surface area (Å²) in [4.78, 5) is 70.6. The normalized spacial score (nSPS) is 12.0. The van der Waals surface area contributed by atoms with Gasteiger partial charge in [0.15, 0.2) is 0 Å². The lowest BCUT2D eigenvalue weighted by molar-refractivity contribution is -0.139. The van der Waals surface area contributed by atoms with Crippen LogP contribution in [0.4, 0.5) is 0 Å². The second-order valence-corrected chi connectivity index (χ2v) is 12.2. The van der Waals surface area contributed by atoms with Crippen molar-refractivity contribution in [2.24, 2.45) is 0 Å². The first-order chi connectivity index (χ1) is 24.2. The molecule has 11 heteroatoms. The molecule has 0 fully saturated rings. The second-order valence-electron chi connectivity index (χ2n) is 12.2. The smallest absolute Gasteiger partial charge is 0.245 e. The van der Waals surface area contributed by atoms with Gasteiger partial charge in [-0.05, 0) is 42.2 Å². The van der Waals surface area contributed by atoms with E-state index in [1.165, 1.54) is 4.90 Å². The highest BCUT2D eigenvalue weighted by Gasteiger charge is 2.29. The van der Waals surface area contributed by atoms with Gasteiger partial charge in [-0.15, -0.1) is 0 Å². The maximum atomic E-state index is 13.9. The highest BCUT2D eigenvalue weighted by Crippen LogP contribution is 2.19. The fourth-order valence-electron chi connectivity index (χ4n) is 5.52. The molecule has 0 aliphatic carbocycles. The van der Waals surface area contributed by atoms with Crippen molar-refractivity contribution in [2.75, 3.05) is 19.6 Å². The van der Waals surface area contributed by atoms with Crippen molar-refractivity contribution in [1.29, 1.82) is 0 Å². The third-order valence-electron chi connectivity index (χ3n) is 8.29. The molecular formula is C39H46N6O5. The van der Waals surface area contributed by atoms with Crippen LogP contribution in [-0.4, -0.2) is 71.1 Å². The standard InChI is InChI=1S/C39H46N6O5/c1-4-6-20-45(39(50)34(44-35(46)5-2)21-28-12-8-7-9-13-28)26-37(48)43-33(22-30-24-40-32-15-11-10-14-31(30)32)38(49)42-25-36(47)41-23-29-18-16-27(3)17-19-29/h5,7-19,24,33-34,40H,2,4,6,20-23,25-26H2,1,3H3,(H,41,47)(H,42,49)(H,43,48)(H,44,46)/t33-,34-/m0/s1. The maximum Gasteiger partial charge on any atom is 0.245 e. The van der Waals surface area contributed by atoms with Crippen LogP contribution in [0.25, 0.3) is 10.9 Å². The van der Waals surface area contributed by atoms with Crippen molar-refractivity contribution >= 4 is 40.4 Å². The molecule has 50 heavy (non-hydrogen) atoms. The molecule has 3 aromatic carbocycles. The van der Waals surface area contributed by atoms with Crippen LogP contribution in [0.3, 0.4) is 0 Å². The van der Waals surface area contributed by atoms with Crippen LogP contribution in [0, 0.1) is 6.92 Å². The van der Waals surface area contributed by atoms with Crippen LogP contribution >= 0.6 is 0 Å². The van der Waals surface area contributed by atoms with Crippen molar-refractivity contribution in [3.8, 4) is 0 Å². The van der Waals surface area contributed by atoms with Gasteiger partial charge in [0.1, 0.15) is 12.1 Å². The number of nitrogens with one attached hydrogen (secondary N) is 5. The van der Waals surface area contributed by atoms with E-state index < -0.39 is 35.7 Å². The van der Waals surface area contributed by atoms with Crippen molar-refractivity contribution in [3.63, 3.8) is 0 Å². The predicted molar refractivity (Wildman–Crippen MR) is 194 cm³/mol.